The van der Waals surface area contributed by atoms with Crippen LogP contribution in [0.15, 0.2) is 0 Å². The van der Waals surface area contributed by atoms with Gasteiger partial charge in [-0.1, -0.05) is 6.92 Å². The van der Waals surface area contributed by atoms with E-state index in [9.17, 15) is 13.2 Å². The van der Waals surface area contributed by atoms with E-state index >= 15 is 0 Å². The molecule has 0 N–H and O–H groups in total. The van der Waals surface area contributed by atoms with Gasteiger partial charge in [0.2, 0.25) is 0 Å². The Kier molecular flexibility index (Phi) is 1.92. The Morgan fingerprint density at radius 2 is 1.90 bits per heavy atom. The van der Waals surface area contributed by atoms with Crippen LogP contribution in [0.2, 0.25) is 0 Å². The van der Waals surface area contributed by atoms with E-state index in [4.69, 9.17) is 0 Å². The summed E-state index contributed by atoms with van der Waals surface area (Å²) in [7, 11) is 0. The van der Waals surface area contributed by atoms with Crippen molar-refractivity contribution < 1.29 is 13.2 Å². The molecule has 1 fully saturated rings. The van der Waals surface area contributed by atoms with Crippen molar-refractivity contribution in [1.82, 2.24) is 0 Å². The lowest BCUT2D eigenvalue weighted by Crippen LogP contribution is -2.23. The van der Waals surface area contributed by atoms with Crippen molar-refractivity contribution in [2.75, 3.05) is 0 Å². The molecule has 3 heteroatoms. The maximum Gasteiger partial charge on any atom is 0.392 e. The van der Waals surface area contributed by atoms with Gasteiger partial charge in [0, 0.05) is 0 Å². The van der Waals surface area contributed by atoms with Gasteiger partial charge in [-0.05, 0) is 25.2 Å². The fourth-order valence-electron chi connectivity index (χ4n) is 1.33. The molecule has 0 nitrogen and oxygen atoms in total. The number of alkyl halides is 3. The molecule has 1 aliphatic rings. The van der Waals surface area contributed by atoms with Gasteiger partial charge >= 0.3 is 6.18 Å². The third-order valence-electron chi connectivity index (χ3n) is 2.05. The Hall–Kier alpha value is -0.210. The molecule has 1 atom stereocenters. The molecule has 1 saturated carbocycles. The predicted molar refractivity (Wildman–Crippen MR) is 32.6 cm³/mol. The van der Waals surface area contributed by atoms with Gasteiger partial charge in [0.1, 0.15) is 0 Å². The highest BCUT2D eigenvalue weighted by molar-refractivity contribution is 4.84. The van der Waals surface area contributed by atoms with Crippen molar-refractivity contribution in [2.45, 2.75) is 32.4 Å². The highest BCUT2D eigenvalue weighted by Gasteiger charge is 2.47. The lowest BCUT2D eigenvalue weighted by atomic mass is 10.0. The molecule has 60 valence electrons. The summed E-state index contributed by atoms with van der Waals surface area (Å²) in [5.41, 5.74) is 0. The molecule has 0 aromatic heterocycles. The zero-order valence-electron chi connectivity index (χ0n) is 5.91. The van der Waals surface area contributed by atoms with E-state index in [1.54, 1.807) is 6.92 Å². The molecule has 0 heterocycles. The molecule has 0 radical (unpaired) electrons. The van der Waals surface area contributed by atoms with Crippen molar-refractivity contribution in [3.8, 4) is 0 Å². The summed E-state index contributed by atoms with van der Waals surface area (Å²) in [6, 6.07) is 0. The molecule has 0 spiro atoms. The van der Waals surface area contributed by atoms with Crippen molar-refractivity contribution in [1.29, 1.82) is 0 Å². The molecule has 0 saturated heterocycles. The van der Waals surface area contributed by atoms with Crippen molar-refractivity contribution in [3.05, 3.63) is 0 Å². The molecule has 0 aromatic rings. The maximum atomic E-state index is 12.0. The second-order valence-corrected chi connectivity index (χ2v) is 2.89. The van der Waals surface area contributed by atoms with E-state index in [0.717, 1.165) is 12.8 Å². The van der Waals surface area contributed by atoms with E-state index in [1.807, 2.05) is 0 Å². The van der Waals surface area contributed by atoms with Crippen LogP contribution in [0.3, 0.4) is 0 Å². The molecular weight excluding hydrogens is 141 g/mol. The summed E-state index contributed by atoms with van der Waals surface area (Å²) in [6.07, 6.45) is -2.15. The minimum absolute atomic E-state index is 0.0509. The Labute approximate surface area is 58.4 Å². The van der Waals surface area contributed by atoms with Gasteiger partial charge in [-0.25, -0.2) is 0 Å². The van der Waals surface area contributed by atoms with Gasteiger partial charge < -0.3 is 0 Å². The number of rotatable bonds is 2. The van der Waals surface area contributed by atoms with Crippen LogP contribution in [0.5, 0.6) is 0 Å². The zero-order valence-corrected chi connectivity index (χ0v) is 5.91. The fraction of sp³-hybridized carbons (Fsp3) is 1.00. The van der Waals surface area contributed by atoms with E-state index in [2.05, 4.69) is 0 Å². The molecule has 10 heavy (non-hydrogen) atoms. The molecule has 1 aliphatic carbocycles. The predicted octanol–water partition coefficient (Wildman–Crippen LogP) is 2.98. The molecule has 1 rings (SSSR count). The first kappa shape index (κ1) is 7.89. The minimum Gasteiger partial charge on any atom is -0.171 e. The van der Waals surface area contributed by atoms with E-state index < -0.39 is 12.1 Å². The average Bonchev–Trinajstić information content (AvgIpc) is 2.46. The molecule has 0 aliphatic heterocycles. The largest absolute Gasteiger partial charge is 0.392 e. The highest BCUT2D eigenvalue weighted by atomic mass is 19.4. The van der Waals surface area contributed by atoms with Crippen LogP contribution in [0.1, 0.15) is 26.2 Å². The topological polar surface area (TPSA) is 0 Å². The van der Waals surface area contributed by atoms with Crippen LogP contribution in [-0.2, 0) is 0 Å². The maximum absolute atomic E-state index is 12.0. The third kappa shape index (κ3) is 1.64. The summed E-state index contributed by atoms with van der Waals surface area (Å²) >= 11 is 0. The Bertz CT molecular complexity index is 113. The smallest absolute Gasteiger partial charge is 0.171 e. The van der Waals surface area contributed by atoms with Crippen molar-refractivity contribution >= 4 is 0 Å². The summed E-state index contributed by atoms with van der Waals surface area (Å²) in [4.78, 5) is 0. The van der Waals surface area contributed by atoms with E-state index in [-0.39, 0.29) is 12.3 Å². The number of hydrogen-bond donors (Lipinski definition) is 0. The second-order valence-electron chi connectivity index (χ2n) is 2.89. The van der Waals surface area contributed by atoms with Gasteiger partial charge in [-0.2, -0.15) is 13.2 Å². The van der Waals surface area contributed by atoms with Crippen LogP contribution in [0.25, 0.3) is 0 Å². The third-order valence-corrected chi connectivity index (χ3v) is 2.05. The average molecular weight is 152 g/mol. The number of hydrogen-bond acceptors (Lipinski definition) is 0. The van der Waals surface area contributed by atoms with Gasteiger partial charge in [0.25, 0.3) is 0 Å². The Balaban J connectivity index is 2.46. The van der Waals surface area contributed by atoms with E-state index in [0.29, 0.717) is 0 Å². The first-order valence-electron chi connectivity index (χ1n) is 3.62. The van der Waals surface area contributed by atoms with Gasteiger partial charge in [-0.15, -0.1) is 0 Å². The van der Waals surface area contributed by atoms with Crippen LogP contribution in [0.4, 0.5) is 13.2 Å². The minimum atomic E-state index is -3.95. The van der Waals surface area contributed by atoms with Crippen molar-refractivity contribution in [2.24, 2.45) is 11.8 Å². The lowest BCUT2D eigenvalue weighted by Gasteiger charge is -2.17. The first-order chi connectivity index (χ1) is 4.55. The van der Waals surface area contributed by atoms with Gasteiger partial charge in [-0.3, -0.25) is 0 Å². The molecule has 0 bridgehead atoms. The van der Waals surface area contributed by atoms with Gasteiger partial charge in [0.05, 0.1) is 5.92 Å². The van der Waals surface area contributed by atoms with Crippen molar-refractivity contribution in [3.63, 3.8) is 0 Å². The standard InChI is InChI=1S/C7H11F3/c1-2-6(5-3-4-5)7(8,9)10/h5-6H,2-4H2,1H3. The van der Waals surface area contributed by atoms with Crippen LogP contribution in [-0.4, -0.2) is 6.18 Å². The van der Waals surface area contributed by atoms with Gasteiger partial charge in [0.15, 0.2) is 0 Å². The van der Waals surface area contributed by atoms with E-state index in [1.165, 1.54) is 0 Å². The molecule has 0 amide bonds. The quantitative estimate of drug-likeness (QED) is 0.570. The highest BCUT2D eigenvalue weighted by Crippen LogP contribution is 2.46. The normalized spacial score (nSPS) is 22.8. The fourth-order valence-corrected chi connectivity index (χ4v) is 1.33. The summed E-state index contributed by atoms with van der Waals surface area (Å²) in [5, 5.41) is 0. The number of halogens is 3. The lowest BCUT2D eigenvalue weighted by molar-refractivity contribution is -0.180. The Morgan fingerprint density at radius 3 is 2.00 bits per heavy atom. The zero-order chi connectivity index (χ0) is 7.78. The van der Waals surface area contributed by atoms with Crippen LogP contribution < -0.4 is 0 Å². The summed E-state index contributed by atoms with van der Waals surface area (Å²) in [6.45, 7) is 1.61. The Morgan fingerprint density at radius 1 is 1.40 bits per heavy atom. The van der Waals surface area contributed by atoms with Crippen LogP contribution in [0, 0.1) is 11.8 Å². The summed E-state index contributed by atoms with van der Waals surface area (Å²) in [5.74, 6) is -1.07. The SMILES string of the molecule is CCC(C1CC1)C(F)(F)F. The first-order valence-corrected chi connectivity index (χ1v) is 3.62. The molecular formula is C7H11F3. The second kappa shape index (κ2) is 2.44. The molecule has 1 unspecified atom stereocenters. The molecule has 0 aromatic carbocycles. The monoisotopic (exact) mass is 152 g/mol. The summed E-state index contributed by atoms with van der Waals surface area (Å²) < 4.78 is 36.0. The van der Waals surface area contributed by atoms with Crippen LogP contribution >= 0.6 is 0 Å².